The Kier molecular flexibility index (Phi) is 14.9. The Morgan fingerprint density at radius 3 is 1.29 bits per heavy atom. The zero-order chi connectivity index (χ0) is 4.50. The summed E-state index contributed by atoms with van der Waals surface area (Å²) < 4.78 is 31.6. The van der Waals surface area contributed by atoms with Gasteiger partial charge in [-0.3, -0.25) is 9.11 Å². The van der Waals surface area contributed by atoms with Crippen LogP contribution in [0.4, 0.5) is 0 Å². The molecule has 0 aromatic rings. The largest absolute Gasteiger partial charge is 2.00 e. The summed E-state index contributed by atoms with van der Waals surface area (Å²) in [5.41, 5.74) is 0. The van der Waals surface area contributed by atoms with Gasteiger partial charge >= 0.3 is 59.3 Å². The van der Waals surface area contributed by atoms with Crippen LogP contribution in [-0.4, -0.2) is 66.4 Å². The first-order valence-electron chi connectivity index (χ1n) is 0.698. The van der Waals surface area contributed by atoms with Gasteiger partial charge in [0.15, 0.2) is 0 Å². The van der Waals surface area contributed by atoms with E-state index in [2.05, 4.69) is 0 Å². The van der Waals surface area contributed by atoms with E-state index in [0.29, 0.717) is 0 Å². The van der Waals surface area contributed by atoms with Crippen LogP contribution < -0.4 is 0 Å². The Morgan fingerprint density at radius 1 is 1.29 bits per heavy atom. The third kappa shape index (κ3) is 61.6. The smallest absolute Gasteiger partial charge is 1.00 e. The van der Waals surface area contributed by atoms with Gasteiger partial charge in [0.25, 0.3) is 0 Å². The van der Waals surface area contributed by atoms with Crippen molar-refractivity contribution >= 4 is 59.3 Å². The molecule has 0 aromatic heterocycles. The van der Waals surface area contributed by atoms with Gasteiger partial charge in [0.1, 0.15) is 0 Å². The molecule has 0 saturated carbocycles. The zero-order valence-electron chi connectivity index (χ0n) is 5.33. The van der Waals surface area contributed by atoms with Crippen LogP contribution in [0.5, 0.6) is 0 Å². The molecular formula is H4BaO4SZr. The van der Waals surface area contributed by atoms with Gasteiger partial charge in [0.05, 0.1) is 0 Å². The first-order valence-corrected chi connectivity index (χ1v) is 2.10. The van der Waals surface area contributed by atoms with Crippen molar-refractivity contribution in [2.24, 2.45) is 0 Å². The Bertz CT molecular complexity index is 102. The molecule has 0 aromatic carbocycles. The first kappa shape index (κ1) is 16.2. The molecule has 0 spiro atoms. The number of hydrogen-bond acceptors (Lipinski definition) is 2. The molecule has 0 rings (SSSR count). The van der Waals surface area contributed by atoms with E-state index in [1.807, 2.05) is 0 Å². The van der Waals surface area contributed by atoms with Crippen LogP contribution in [0.3, 0.4) is 0 Å². The normalized spacial score (nSPS) is 8.29. The Hall–Kier alpha value is 2.32. The van der Waals surface area contributed by atoms with Crippen LogP contribution >= 0.6 is 0 Å². The van der Waals surface area contributed by atoms with Crippen molar-refractivity contribution in [1.29, 1.82) is 0 Å². The van der Waals surface area contributed by atoms with Gasteiger partial charge in [0, 0.05) is 26.2 Å². The predicted octanol–water partition coefficient (Wildman–Crippen LogP) is -0.811. The summed E-state index contributed by atoms with van der Waals surface area (Å²) in [5, 5.41) is 0. The Labute approximate surface area is 104 Å². The van der Waals surface area contributed by atoms with Gasteiger partial charge in [-0.25, -0.2) is 0 Å². The molecule has 0 bridgehead atoms. The fourth-order valence-corrected chi connectivity index (χ4v) is 0. The van der Waals surface area contributed by atoms with E-state index in [0.717, 1.165) is 0 Å². The molecule has 0 heterocycles. The zero-order valence-corrected chi connectivity index (χ0v) is 11.0. The quantitative estimate of drug-likeness (QED) is 0.450. The van der Waals surface area contributed by atoms with Crippen molar-refractivity contribution in [2.75, 3.05) is 0 Å². The molecule has 7 heavy (non-hydrogen) atoms. The molecule has 0 saturated heterocycles. The van der Waals surface area contributed by atoms with Crippen LogP contribution in [0.1, 0.15) is 2.85 Å². The van der Waals surface area contributed by atoms with Gasteiger partial charge in [-0.05, 0) is 0 Å². The second kappa shape index (κ2) is 6.44. The van der Waals surface area contributed by atoms with Crippen LogP contribution in [-0.2, 0) is 36.6 Å². The van der Waals surface area contributed by atoms with Crippen molar-refractivity contribution in [3.63, 3.8) is 0 Å². The van der Waals surface area contributed by atoms with Crippen molar-refractivity contribution in [3.05, 3.63) is 0 Å². The minimum absolute atomic E-state index is 0. The molecule has 40 valence electrons. The molecule has 0 radical (unpaired) electrons. The average Bonchev–Trinajstić information content (AvgIpc) is 0.722. The second-order valence-corrected chi connectivity index (χ2v) is 1.34. The molecule has 0 aliphatic heterocycles. The van der Waals surface area contributed by atoms with Crippen LogP contribution in [0, 0.1) is 0 Å². The van der Waals surface area contributed by atoms with E-state index in [9.17, 15) is 0 Å². The van der Waals surface area contributed by atoms with E-state index < -0.39 is 10.4 Å². The first-order chi connectivity index (χ1) is 2.00. The minimum Gasteiger partial charge on any atom is -1.00 e. The molecular weight excluding hydrogens is 325 g/mol. The summed E-state index contributed by atoms with van der Waals surface area (Å²) in [7, 11) is -4.67. The van der Waals surface area contributed by atoms with E-state index in [1.165, 1.54) is 0 Å². The van der Waals surface area contributed by atoms with Crippen LogP contribution in [0.15, 0.2) is 0 Å². The molecule has 0 unspecified atom stereocenters. The van der Waals surface area contributed by atoms with E-state index in [-0.39, 0.29) is 77.9 Å². The monoisotopic (exact) mass is 328 g/mol. The van der Waals surface area contributed by atoms with Gasteiger partial charge < -0.3 is 2.85 Å². The van der Waals surface area contributed by atoms with E-state index in [1.54, 1.807) is 0 Å². The molecule has 0 atom stereocenters. The number of rotatable bonds is 0. The maximum absolute atomic E-state index is 8.74. The SMILES string of the molecule is O=S(=O)(O)O.[Ba+2].[H-].[H-].[Zr]. The van der Waals surface area contributed by atoms with Gasteiger partial charge in [-0.15, -0.1) is 0 Å². The van der Waals surface area contributed by atoms with Gasteiger partial charge in [0.2, 0.25) is 0 Å². The van der Waals surface area contributed by atoms with Crippen molar-refractivity contribution in [3.8, 4) is 0 Å². The Balaban J connectivity index is -0.0000000133. The van der Waals surface area contributed by atoms with Gasteiger partial charge in [-0.1, -0.05) is 0 Å². The third-order valence-corrected chi connectivity index (χ3v) is 0. The summed E-state index contributed by atoms with van der Waals surface area (Å²) in [5.74, 6) is 0. The number of hydrogen-bond donors (Lipinski definition) is 2. The summed E-state index contributed by atoms with van der Waals surface area (Å²) in [6.07, 6.45) is 0. The fraction of sp³-hybridized carbons (Fsp3) is 0. The molecule has 2 N–H and O–H groups in total. The molecule has 4 nitrogen and oxygen atoms in total. The average molecular weight is 329 g/mol. The minimum atomic E-state index is -4.67. The van der Waals surface area contributed by atoms with E-state index >= 15 is 0 Å². The topological polar surface area (TPSA) is 74.6 Å². The van der Waals surface area contributed by atoms with Crippen molar-refractivity contribution in [2.45, 2.75) is 0 Å². The Morgan fingerprint density at radius 2 is 1.29 bits per heavy atom. The van der Waals surface area contributed by atoms with Crippen molar-refractivity contribution < 1.29 is 46.6 Å². The summed E-state index contributed by atoms with van der Waals surface area (Å²) >= 11 is 0. The van der Waals surface area contributed by atoms with Crippen molar-refractivity contribution in [1.82, 2.24) is 0 Å². The summed E-state index contributed by atoms with van der Waals surface area (Å²) in [6, 6.07) is 0. The maximum Gasteiger partial charge on any atom is 2.00 e. The van der Waals surface area contributed by atoms with Crippen LogP contribution in [0.25, 0.3) is 0 Å². The summed E-state index contributed by atoms with van der Waals surface area (Å²) in [6.45, 7) is 0. The second-order valence-electron chi connectivity index (χ2n) is 0.448. The fourth-order valence-electron chi connectivity index (χ4n) is 0. The summed E-state index contributed by atoms with van der Waals surface area (Å²) in [4.78, 5) is 0. The predicted molar refractivity (Wildman–Crippen MR) is 22.2 cm³/mol. The van der Waals surface area contributed by atoms with Crippen LogP contribution in [0.2, 0.25) is 0 Å². The maximum atomic E-state index is 8.74. The third-order valence-electron chi connectivity index (χ3n) is 0. The molecule has 0 aliphatic rings. The molecule has 0 fully saturated rings. The molecule has 0 aliphatic carbocycles. The van der Waals surface area contributed by atoms with Gasteiger partial charge in [-0.2, -0.15) is 8.42 Å². The molecule has 0 amide bonds. The van der Waals surface area contributed by atoms with E-state index in [4.69, 9.17) is 17.5 Å². The molecule has 7 heteroatoms. The standard InChI is InChI=1S/Ba.H2O4S.Zr.2H/c;1-5(2,3)4;;;/h;(H2,1,2,3,4);;;/q+2;;;2*-1.